The van der Waals surface area contributed by atoms with Crippen molar-refractivity contribution in [1.82, 2.24) is 0 Å². The van der Waals surface area contributed by atoms with Crippen LogP contribution in [0.15, 0.2) is 33.4 Å². The van der Waals surface area contributed by atoms with Gasteiger partial charge in [-0.3, -0.25) is 0 Å². The maximum absolute atomic E-state index is 5.47. The van der Waals surface area contributed by atoms with Gasteiger partial charge in [0.25, 0.3) is 0 Å². The van der Waals surface area contributed by atoms with Gasteiger partial charge < -0.3 is 10.2 Å². The van der Waals surface area contributed by atoms with Crippen LogP contribution in [-0.2, 0) is 6.42 Å². The number of hydrogen-bond acceptors (Lipinski definition) is 2. The molecule has 0 atom stereocenters. The maximum atomic E-state index is 5.47. The Labute approximate surface area is 84.8 Å². The van der Waals surface area contributed by atoms with E-state index in [4.69, 9.17) is 10.2 Å². The van der Waals surface area contributed by atoms with E-state index in [9.17, 15) is 0 Å². The molecule has 0 spiro atoms. The van der Waals surface area contributed by atoms with Crippen molar-refractivity contribution in [2.45, 2.75) is 6.42 Å². The number of rotatable bonds is 2. The van der Waals surface area contributed by atoms with Crippen LogP contribution in [0.25, 0.3) is 11.0 Å². The summed E-state index contributed by atoms with van der Waals surface area (Å²) < 4.78 is 6.35. The van der Waals surface area contributed by atoms with Gasteiger partial charge in [-0.05, 0) is 46.6 Å². The molecule has 0 aliphatic carbocycles. The molecule has 3 heteroatoms. The molecule has 0 bridgehead atoms. The standard InChI is InChI=1S/C10H10BrNO/c11-9-6-13-10-5-7(3-4-12)1-2-8(9)10/h1-2,5-6H,3-4,12H2. The van der Waals surface area contributed by atoms with Crippen LogP contribution < -0.4 is 5.73 Å². The van der Waals surface area contributed by atoms with E-state index in [0.717, 1.165) is 21.9 Å². The van der Waals surface area contributed by atoms with Crippen LogP contribution >= 0.6 is 15.9 Å². The summed E-state index contributed by atoms with van der Waals surface area (Å²) in [6.07, 6.45) is 2.60. The van der Waals surface area contributed by atoms with E-state index >= 15 is 0 Å². The summed E-state index contributed by atoms with van der Waals surface area (Å²) in [7, 11) is 0. The van der Waals surface area contributed by atoms with Gasteiger partial charge >= 0.3 is 0 Å². The van der Waals surface area contributed by atoms with E-state index in [0.29, 0.717) is 6.54 Å². The van der Waals surface area contributed by atoms with Crippen LogP contribution in [-0.4, -0.2) is 6.54 Å². The third kappa shape index (κ3) is 1.62. The van der Waals surface area contributed by atoms with Crippen LogP contribution in [0.2, 0.25) is 0 Å². The van der Waals surface area contributed by atoms with E-state index in [1.807, 2.05) is 12.1 Å². The third-order valence-electron chi connectivity index (χ3n) is 2.03. The zero-order valence-corrected chi connectivity index (χ0v) is 8.67. The number of fused-ring (bicyclic) bond motifs is 1. The van der Waals surface area contributed by atoms with E-state index in [-0.39, 0.29) is 0 Å². The molecule has 1 aromatic carbocycles. The van der Waals surface area contributed by atoms with Crippen LogP contribution in [0.4, 0.5) is 0 Å². The monoisotopic (exact) mass is 239 g/mol. The van der Waals surface area contributed by atoms with Gasteiger partial charge in [0.05, 0.1) is 4.47 Å². The highest BCUT2D eigenvalue weighted by Gasteiger charge is 2.03. The average Bonchev–Trinajstić information content (AvgIpc) is 2.48. The second-order valence-corrected chi connectivity index (χ2v) is 3.81. The molecule has 2 rings (SSSR count). The molecule has 0 unspecified atom stereocenters. The molecule has 2 N–H and O–H groups in total. The molecule has 0 aliphatic rings. The minimum Gasteiger partial charge on any atom is -0.463 e. The average molecular weight is 240 g/mol. The van der Waals surface area contributed by atoms with E-state index in [2.05, 4.69) is 22.0 Å². The first-order valence-corrected chi connectivity index (χ1v) is 4.96. The van der Waals surface area contributed by atoms with Crippen molar-refractivity contribution >= 4 is 26.9 Å². The first kappa shape index (κ1) is 8.78. The quantitative estimate of drug-likeness (QED) is 0.876. The third-order valence-corrected chi connectivity index (χ3v) is 2.64. The second kappa shape index (κ2) is 3.52. The summed E-state index contributed by atoms with van der Waals surface area (Å²) in [5.74, 6) is 0. The highest BCUT2D eigenvalue weighted by atomic mass is 79.9. The molecule has 13 heavy (non-hydrogen) atoms. The Hall–Kier alpha value is -0.800. The zero-order valence-electron chi connectivity index (χ0n) is 7.09. The molecular weight excluding hydrogens is 230 g/mol. The van der Waals surface area contributed by atoms with Gasteiger partial charge in [-0.25, -0.2) is 0 Å². The summed E-state index contributed by atoms with van der Waals surface area (Å²) in [5.41, 5.74) is 7.60. The topological polar surface area (TPSA) is 39.2 Å². The van der Waals surface area contributed by atoms with Gasteiger partial charge in [0.1, 0.15) is 11.8 Å². The maximum Gasteiger partial charge on any atom is 0.135 e. The Bertz CT molecular complexity index is 422. The summed E-state index contributed by atoms with van der Waals surface area (Å²) >= 11 is 3.41. The molecule has 0 saturated heterocycles. The Morgan fingerprint density at radius 2 is 2.23 bits per heavy atom. The molecule has 0 aliphatic heterocycles. The molecule has 0 amide bonds. The SMILES string of the molecule is NCCc1ccc2c(Br)coc2c1. The van der Waals surface area contributed by atoms with Crippen LogP contribution in [0.1, 0.15) is 5.56 Å². The van der Waals surface area contributed by atoms with Gasteiger partial charge in [-0.2, -0.15) is 0 Å². The van der Waals surface area contributed by atoms with Crippen molar-refractivity contribution in [3.63, 3.8) is 0 Å². The van der Waals surface area contributed by atoms with E-state index in [1.165, 1.54) is 5.56 Å². The van der Waals surface area contributed by atoms with Gasteiger partial charge in [0, 0.05) is 5.39 Å². The highest BCUT2D eigenvalue weighted by Crippen LogP contribution is 2.26. The predicted molar refractivity (Wildman–Crippen MR) is 56.7 cm³/mol. The zero-order chi connectivity index (χ0) is 9.26. The van der Waals surface area contributed by atoms with Gasteiger partial charge in [-0.1, -0.05) is 6.07 Å². The molecule has 0 fully saturated rings. The van der Waals surface area contributed by atoms with Crippen molar-refractivity contribution in [3.05, 3.63) is 34.5 Å². The highest BCUT2D eigenvalue weighted by molar-refractivity contribution is 9.10. The largest absolute Gasteiger partial charge is 0.463 e. The molecule has 68 valence electrons. The summed E-state index contributed by atoms with van der Waals surface area (Å²) in [4.78, 5) is 0. The molecule has 1 heterocycles. The Morgan fingerprint density at radius 1 is 1.38 bits per heavy atom. The van der Waals surface area contributed by atoms with E-state index < -0.39 is 0 Å². The first-order chi connectivity index (χ1) is 6.31. The van der Waals surface area contributed by atoms with Gasteiger partial charge in [0.2, 0.25) is 0 Å². The number of hydrogen-bond donors (Lipinski definition) is 1. The predicted octanol–water partition coefficient (Wildman–Crippen LogP) is 2.70. The molecule has 0 radical (unpaired) electrons. The smallest absolute Gasteiger partial charge is 0.135 e. The fourth-order valence-corrected chi connectivity index (χ4v) is 1.78. The summed E-state index contributed by atoms with van der Waals surface area (Å²) in [5, 5.41) is 1.11. The van der Waals surface area contributed by atoms with Crippen molar-refractivity contribution in [1.29, 1.82) is 0 Å². The molecule has 0 saturated carbocycles. The number of benzene rings is 1. The molecule has 2 aromatic rings. The lowest BCUT2D eigenvalue weighted by Crippen LogP contribution is -2.02. The minimum atomic E-state index is 0.674. The van der Waals surface area contributed by atoms with Crippen LogP contribution in [0.3, 0.4) is 0 Å². The normalized spacial score (nSPS) is 10.9. The Kier molecular flexibility index (Phi) is 2.38. The van der Waals surface area contributed by atoms with Crippen molar-refractivity contribution in [3.8, 4) is 0 Å². The fraction of sp³-hybridized carbons (Fsp3) is 0.200. The lowest BCUT2D eigenvalue weighted by atomic mass is 10.1. The minimum absolute atomic E-state index is 0.674. The summed E-state index contributed by atoms with van der Waals surface area (Å²) in [6.45, 7) is 0.674. The second-order valence-electron chi connectivity index (χ2n) is 2.95. The lowest BCUT2D eigenvalue weighted by Gasteiger charge is -1.97. The van der Waals surface area contributed by atoms with E-state index in [1.54, 1.807) is 6.26 Å². The van der Waals surface area contributed by atoms with Gasteiger partial charge in [-0.15, -0.1) is 0 Å². The lowest BCUT2D eigenvalue weighted by molar-refractivity contribution is 0.613. The molecule has 1 aromatic heterocycles. The molecule has 2 nitrogen and oxygen atoms in total. The number of halogens is 1. The van der Waals surface area contributed by atoms with Crippen molar-refractivity contribution in [2.24, 2.45) is 5.73 Å². The number of furan rings is 1. The van der Waals surface area contributed by atoms with Crippen LogP contribution in [0.5, 0.6) is 0 Å². The first-order valence-electron chi connectivity index (χ1n) is 4.17. The molecular formula is C10H10BrNO. The fourth-order valence-electron chi connectivity index (χ4n) is 1.36. The summed E-state index contributed by atoms with van der Waals surface area (Å²) in [6, 6.07) is 6.16. The Balaban J connectivity index is 2.50. The van der Waals surface area contributed by atoms with Crippen molar-refractivity contribution in [2.75, 3.05) is 6.54 Å². The van der Waals surface area contributed by atoms with Gasteiger partial charge in [0.15, 0.2) is 0 Å². The van der Waals surface area contributed by atoms with Crippen molar-refractivity contribution < 1.29 is 4.42 Å². The number of nitrogens with two attached hydrogens (primary N) is 1. The Morgan fingerprint density at radius 3 is 3.00 bits per heavy atom. The van der Waals surface area contributed by atoms with Crippen LogP contribution in [0, 0.1) is 0 Å².